The van der Waals surface area contributed by atoms with E-state index in [1.165, 1.54) is 51.7 Å². The standard InChI is InChI=1S/C10H20N2/c1-2-7-12-10-8-11-6-3-5-9(10)4-1/h9-12H,1-8H2. The average Bonchev–Trinajstić information content (AvgIpc) is 2.38. The Kier molecular flexibility index (Phi) is 3.01. The molecule has 0 aromatic heterocycles. The molecule has 12 heavy (non-hydrogen) atoms. The van der Waals surface area contributed by atoms with E-state index >= 15 is 0 Å². The van der Waals surface area contributed by atoms with E-state index in [0.29, 0.717) is 0 Å². The Labute approximate surface area is 75.1 Å². The van der Waals surface area contributed by atoms with Gasteiger partial charge in [-0.25, -0.2) is 0 Å². The number of rotatable bonds is 0. The summed E-state index contributed by atoms with van der Waals surface area (Å²) in [5, 5.41) is 7.17. The van der Waals surface area contributed by atoms with Crippen LogP contribution in [0.4, 0.5) is 0 Å². The number of nitrogens with one attached hydrogen (secondary N) is 2. The van der Waals surface area contributed by atoms with Crippen molar-refractivity contribution >= 4 is 0 Å². The van der Waals surface area contributed by atoms with Crippen molar-refractivity contribution in [2.75, 3.05) is 19.6 Å². The van der Waals surface area contributed by atoms with Gasteiger partial charge in [0.15, 0.2) is 0 Å². The maximum atomic E-state index is 3.66. The number of hydrogen-bond acceptors (Lipinski definition) is 2. The summed E-state index contributed by atoms with van der Waals surface area (Å²) in [7, 11) is 0. The molecule has 2 atom stereocenters. The van der Waals surface area contributed by atoms with Crippen LogP contribution in [0, 0.1) is 5.92 Å². The highest BCUT2D eigenvalue weighted by atomic mass is 15.0. The lowest BCUT2D eigenvalue weighted by molar-refractivity contribution is 0.355. The first-order valence-corrected chi connectivity index (χ1v) is 5.41. The third-order valence-electron chi connectivity index (χ3n) is 3.27. The van der Waals surface area contributed by atoms with E-state index in [-0.39, 0.29) is 0 Å². The third-order valence-corrected chi connectivity index (χ3v) is 3.27. The maximum absolute atomic E-state index is 3.66. The van der Waals surface area contributed by atoms with E-state index in [2.05, 4.69) is 10.6 Å². The quantitative estimate of drug-likeness (QED) is 0.566. The summed E-state index contributed by atoms with van der Waals surface area (Å²) in [5.74, 6) is 0.961. The molecule has 2 unspecified atom stereocenters. The lowest BCUT2D eigenvalue weighted by Crippen LogP contribution is -2.41. The van der Waals surface area contributed by atoms with Crippen molar-refractivity contribution in [1.29, 1.82) is 0 Å². The second-order valence-electron chi connectivity index (χ2n) is 4.16. The van der Waals surface area contributed by atoms with Gasteiger partial charge in [0.2, 0.25) is 0 Å². The van der Waals surface area contributed by atoms with Gasteiger partial charge in [-0.2, -0.15) is 0 Å². The summed E-state index contributed by atoms with van der Waals surface area (Å²) in [6, 6.07) is 0.773. The van der Waals surface area contributed by atoms with Crippen molar-refractivity contribution in [3.8, 4) is 0 Å². The van der Waals surface area contributed by atoms with Crippen molar-refractivity contribution in [1.82, 2.24) is 10.6 Å². The first kappa shape index (κ1) is 8.52. The smallest absolute Gasteiger partial charge is 0.0220 e. The molecule has 0 bridgehead atoms. The van der Waals surface area contributed by atoms with E-state index < -0.39 is 0 Å². The summed E-state index contributed by atoms with van der Waals surface area (Å²) in [4.78, 5) is 0. The summed E-state index contributed by atoms with van der Waals surface area (Å²) >= 11 is 0. The predicted molar refractivity (Wildman–Crippen MR) is 51.2 cm³/mol. The van der Waals surface area contributed by atoms with Gasteiger partial charge in [0.1, 0.15) is 0 Å². The van der Waals surface area contributed by atoms with Gasteiger partial charge in [-0.05, 0) is 44.7 Å². The molecule has 2 aliphatic rings. The minimum Gasteiger partial charge on any atom is -0.315 e. The molecule has 2 heteroatoms. The normalized spacial score (nSPS) is 38.0. The summed E-state index contributed by atoms with van der Waals surface area (Å²) in [5.41, 5.74) is 0. The molecule has 2 saturated heterocycles. The Morgan fingerprint density at radius 1 is 0.917 bits per heavy atom. The van der Waals surface area contributed by atoms with E-state index in [1.807, 2.05) is 0 Å². The minimum atomic E-state index is 0.773. The predicted octanol–water partition coefficient (Wildman–Crippen LogP) is 1.13. The first-order chi connectivity index (χ1) is 5.97. The van der Waals surface area contributed by atoms with Gasteiger partial charge in [0.25, 0.3) is 0 Å². The van der Waals surface area contributed by atoms with Gasteiger partial charge in [0.05, 0.1) is 0 Å². The molecule has 0 aromatic rings. The molecule has 0 amide bonds. The first-order valence-electron chi connectivity index (χ1n) is 5.41. The van der Waals surface area contributed by atoms with Gasteiger partial charge in [-0.15, -0.1) is 0 Å². The molecule has 0 aliphatic carbocycles. The van der Waals surface area contributed by atoms with Gasteiger partial charge < -0.3 is 10.6 Å². The summed E-state index contributed by atoms with van der Waals surface area (Å²) in [6.07, 6.45) is 7.09. The van der Waals surface area contributed by atoms with Crippen molar-refractivity contribution in [2.45, 2.75) is 38.1 Å². The highest BCUT2D eigenvalue weighted by molar-refractivity contribution is 4.83. The molecule has 0 aromatic carbocycles. The lowest BCUT2D eigenvalue weighted by Gasteiger charge is -2.22. The zero-order valence-electron chi connectivity index (χ0n) is 7.81. The molecule has 0 saturated carbocycles. The average molecular weight is 168 g/mol. The lowest BCUT2D eigenvalue weighted by atomic mass is 9.92. The fraction of sp³-hybridized carbons (Fsp3) is 1.00. The Hall–Kier alpha value is -0.0800. The van der Waals surface area contributed by atoms with Crippen LogP contribution in [0.2, 0.25) is 0 Å². The van der Waals surface area contributed by atoms with E-state index in [4.69, 9.17) is 0 Å². The highest BCUT2D eigenvalue weighted by Gasteiger charge is 2.24. The highest BCUT2D eigenvalue weighted by Crippen LogP contribution is 2.22. The van der Waals surface area contributed by atoms with Crippen LogP contribution in [0.3, 0.4) is 0 Å². The van der Waals surface area contributed by atoms with Crippen LogP contribution >= 0.6 is 0 Å². The molecule has 70 valence electrons. The molecule has 2 nitrogen and oxygen atoms in total. The fourth-order valence-electron chi connectivity index (χ4n) is 2.52. The Morgan fingerprint density at radius 3 is 2.83 bits per heavy atom. The van der Waals surface area contributed by atoms with Crippen LogP contribution in [0.1, 0.15) is 32.1 Å². The molecule has 0 radical (unpaired) electrons. The second-order valence-corrected chi connectivity index (χ2v) is 4.16. The molecule has 2 rings (SSSR count). The fourth-order valence-corrected chi connectivity index (χ4v) is 2.52. The zero-order chi connectivity index (χ0) is 8.23. The van der Waals surface area contributed by atoms with Crippen molar-refractivity contribution in [3.05, 3.63) is 0 Å². The van der Waals surface area contributed by atoms with Crippen LogP contribution in [0.15, 0.2) is 0 Å². The van der Waals surface area contributed by atoms with Crippen LogP contribution in [0.25, 0.3) is 0 Å². The largest absolute Gasteiger partial charge is 0.315 e. The Bertz CT molecular complexity index is 108. The molecule has 2 fully saturated rings. The topological polar surface area (TPSA) is 24.1 Å². The Balaban J connectivity index is 1.94. The van der Waals surface area contributed by atoms with E-state index in [0.717, 1.165) is 12.0 Å². The maximum Gasteiger partial charge on any atom is 0.0220 e. The summed E-state index contributed by atoms with van der Waals surface area (Å²) < 4.78 is 0. The Morgan fingerprint density at radius 2 is 1.83 bits per heavy atom. The van der Waals surface area contributed by atoms with Crippen molar-refractivity contribution in [2.24, 2.45) is 5.92 Å². The minimum absolute atomic E-state index is 0.773. The molecular formula is C10H20N2. The van der Waals surface area contributed by atoms with Gasteiger partial charge in [-0.3, -0.25) is 0 Å². The van der Waals surface area contributed by atoms with Crippen molar-refractivity contribution < 1.29 is 0 Å². The zero-order valence-corrected chi connectivity index (χ0v) is 7.81. The van der Waals surface area contributed by atoms with Crippen LogP contribution in [0.5, 0.6) is 0 Å². The van der Waals surface area contributed by atoms with Gasteiger partial charge in [0, 0.05) is 12.6 Å². The molecule has 0 spiro atoms. The number of fused-ring (bicyclic) bond motifs is 1. The second kappa shape index (κ2) is 4.24. The van der Waals surface area contributed by atoms with Gasteiger partial charge >= 0.3 is 0 Å². The van der Waals surface area contributed by atoms with E-state index in [9.17, 15) is 0 Å². The van der Waals surface area contributed by atoms with Crippen LogP contribution < -0.4 is 10.6 Å². The van der Waals surface area contributed by atoms with Crippen LogP contribution in [-0.4, -0.2) is 25.7 Å². The third kappa shape index (κ3) is 1.99. The monoisotopic (exact) mass is 168 g/mol. The molecule has 2 N–H and O–H groups in total. The molecule has 2 heterocycles. The van der Waals surface area contributed by atoms with Crippen LogP contribution in [-0.2, 0) is 0 Å². The van der Waals surface area contributed by atoms with E-state index in [1.54, 1.807) is 0 Å². The van der Waals surface area contributed by atoms with Crippen molar-refractivity contribution in [3.63, 3.8) is 0 Å². The SMILES string of the molecule is C1CCC2CCCNCC2NC1. The number of hydrogen-bond donors (Lipinski definition) is 2. The summed E-state index contributed by atoms with van der Waals surface area (Å²) in [6.45, 7) is 3.67. The molecular weight excluding hydrogens is 148 g/mol. The van der Waals surface area contributed by atoms with Gasteiger partial charge in [-0.1, -0.05) is 6.42 Å². The molecule has 2 aliphatic heterocycles.